The number of rotatable bonds is 5. The monoisotopic (exact) mass is 392 g/mol. The van der Waals surface area contributed by atoms with Crippen molar-refractivity contribution >= 4 is 34.4 Å². The van der Waals surface area contributed by atoms with Gasteiger partial charge in [-0.15, -0.1) is 0 Å². The number of anilines is 2. The number of imidazole rings is 1. The summed E-state index contributed by atoms with van der Waals surface area (Å²) in [5.41, 5.74) is 3.28. The topological polar surface area (TPSA) is 77.8 Å². The lowest BCUT2D eigenvalue weighted by Gasteiger charge is -2.10. The van der Waals surface area contributed by atoms with Crippen LogP contribution >= 0.6 is 11.6 Å². The van der Waals surface area contributed by atoms with Gasteiger partial charge in [0.2, 0.25) is 5.95 Å². The van der Waals surface area contributed by atoms with Gasteiger partial charge in [0.1, 0.15) is 22.2 Å². The minimum absolute atomic E-state index is 0.390. The predicted molar refractivity (Wildman–Crippen MR) is 108 cm³/mol. The second-order valence-electron chi connectivity index (χ2n) is 6.63. The van der Waals surface area contributed by atoms with Crippen LogP contribution in [-0.4, -0.2) is 31.6 Å². The van der Waals surface area contributed by atoms with Crippen molar-refractivity contribution in [2.75, 3.05) is 12.4 Å². The van der Waals surface area contributed by atoms with Crippen molar-refractivity contribution in [3.05, 3.63) is 53.9 Å². The SMILES string of the molecule is COc1ccccc1Nc1ncc2nc(-c3ccnc(Cl)c3)n(C3CC3)c2n1. The van der Waals surface area contributed by atoms with Gasteiger partial charge in [-0.05, 0) is 37.1 Å². The van der Waals surface area contributed by atoms with E-state index in [0.717, 1.165) is 46.8 Å². The van der Waals surface area contributed by atoms with Crippen molar-refractivity contribution in [2.24, 2.45) is 0 Å². The summed E-state index contributed by atoms with van der Waals surface area (Å²) in [6.07, 6.45) is 5.65. The molecule has 1 aliphatic rings. The van der Waals surface area contributed by atoms with E-state index in [1.807, 2.05) is 36.4 Å². The average Bonchev–Trinajstić information content (AvgIpc) is 3.48. The van der Waals surface area contributed by atoms with Gasteiger partial charge in [-0.25, -0.2) is 15.0 Å². The molecule has 3 heterocycles. The number of hydrogen-bond acceptors (Lipinski definition) is 6. The van der Waals surface area contributed by atoms with E-state index in [0.29, 0.717) is 17.1 Å². The van der Waals surface area contributed by atoms with Crippen LogP contribution in [0.3, 0.4) is 0 Å². The van der Waals surface area contributed by atoms with Gasteiger partial charge < -0.3 is 14.6 Å². The number of pyridine rings is 1. The van der Waals surface area contributed by atoms with Crippen LogP contribution in [0.25, 0.3) is 22.6 Å². The first-order valence-corrected chi connectivity index (χ1v) is 9.37. The molecule has 0 bridgehead atoms. The molecule has 28 heavy (non-hydrogen) atoms. The Hall–Kier alpha value is -3.19. The molecule has 0 saturated heterocycles. The lowest BCUT2D eigenvalue weighted by molar-refractivity contribution is 0.417. The molecular formula is C20H17ClN6O. The summed E-state index contributed by atoms with van der Waals surface area (Å²) in [7, 11) is 1.64. The molecule has 0 aliphatic heterocycles. The number of nitrogens with one attached hydrogen (secondary N) is 1. The Morgan fingerprint density at radius 1 is 1.14 bits per heavy atom. The zero-order valence-electron chi connectivity index (χ0n) is 15.1. The maximum atomic E-state index is 6.09. The molecule has 1 saturated carbocycles. The molecule has 4 aromatic rings. The maximum absolute atomic E-state index is 6.09. The van der Waals surface area contributed by atoms with Crippen LogP contribution in [0.4, 0.5) is 11.6 Å². The van der Waals surface area contributed by atoms with Crippen LogP contribution in [0.1, 0.15) is 18.9 Å². The number of para-hydroxylation sites is 2. The standard InChI is InChI=1S/C20H17ClN6O/c1-28-16-5-3-2-4-14(16)25-20-23-11-15-19(26-20)27(13-6-7-13)18(24-15)12-8-9-22-17(21)10-12/h2-5,8-11,13H,6-7H2,1H3,(H,23,25,26). The Labute approximate surface area is 166 Å². The van der Waals surface area contributed by atoms with Crippen LogP contribution in [0.15, 0.2) is 48.8 Å². The van der Waals surface area contributed by atoms with Crippen molar-refractivity contribution < 1.29 is 4.74 Å². The lowest BCUT2D eigenvalue weighted by Crippen LogP contribution is -2.02. The van der Waals surface area contributed by atoms with Gasteiger partial charge in [0.05, 0.1) is 19.0 Å². The molecule has 140 valence electrons. The predicted octanol–water partition coefficient (Wildman–Crippen LogP) is 4.63. The highest BCUT2D eigenvalue weighted by Gasteiger charge is 2.30. The summed E-state index contributed by atoms with van der Waals surface area (Å²) < 4.78 is 7.57. The van der Waals surface area contributed by atoms with E-state index in [2.05, 4.69) is 19.9 Å². The number of halogens is 1. The van der Waals surface area contributed by atoms with Crippen LogP contribution in [0.5, 0.6) is 5.75 Å². The minimum atomic E-state index is 0.390. The number of nitrogens with zero attached hydrogens (tertiary/aromatic N) is 5. The number of methoxy groups -OCH3 is 1. The average molecular weight is 393 g/mol. The van der Waals surface area contributed by atoms with E-state index in [1.165, 1.54) is 0 Å². The number of ether oxygens (including phenoxy) is 1. The highest BCUT2D eigenvalue weighted by molar-refractivity contribution is 6.29. The fourth-order valence-corrected chi connectivity index (χ4v) is 3.42. The molecule has 8 heteroatoms. The summed E-state index contributed by atoms with van der Waals surface area (Å²) in [6, 6.07) is 11.8. The molecule has 1 aromatic carbocycles. The molecule has 0 unspecified atom stereocenters. The summed E-state index contributed by atoms with van der Waals surface area (Å²) in [6.45, 7) is 0. The first kappa shape index (κ1) is 16.9. The van der Waals surface area contributed by atoms with Gasteiger partial charge in [0.25, 0.3) is 0 Å². The first-order valence-electron chi connectivity index (χ1n) is 9.00. The van der Waals surface area contributed by atoms with E-state index in [9.17, 15) is 0 Å². The van der Waals surface area contributed by atoms with E-state index >= 15 is 0 Å². The highest BCUT2D eigenvalue weighted by Crippen LogP contribution is 2.41. The van der Waals surface area contributed by atoms with Crippen molar-refractivity contribution in [3.8, 4) is 17.1 Å². The van der Waals surface area contributed by atoms with Gasteiger partial charge in [0.15, 0.2) is 5.65 Å². The normalized spacial score (nSPS) is 13.6. The van der Waals surface area contributed by atoms with Crippen LogP contribution < -0.4 is 10.1 Å². The quantitative estimate of drug-likeness (QED) is 0.499. The maximum Gasteiger partial charge on any atom is 0.229 e. The van der Waals surface area contributed by atoms with Gasteiger partial charge in [-0.1, -0.05) is 23.7 Å². The zero-order valence-corrected chi connectivity index (χ0v) is 15.9. The van der Waals surface area contributed by atoms with E-state index in [1.54, 1.807) is 19.5 Å². The summed E-state index contributed by atoms with van der Waals surface area (Å²) in [5.74, 6) is 2.07. The summed E-state index contributed by atoms with van der Waals surface area (Å²) in [4.78, 5) is 18.0. The second kappa shape index (κ2) is 6.76. The zero-order chi connectivity index (χ0) is 19.1. The van der Waals surface area contributed by atoms with E-state index in [-0.39, 0.29) is 0 Å². The molecular weight excluding hydrogens is 376 g/mol. The number of benzene rings is 1. The molecule has 1 N–H and O–H groups in total. The Morgan fingerprint density at radius 2 is 2.00 bits per heavy atom. The Morgan fingerprint density at radius 3 is 2.79 bits per heavy atom. The molecule has 0 atom stereocenters. The summed E-state index contributed by atoms with van der Waals surface area (Å²) in [5, 5.41) is 3.68. The molecule has 1 fully saturated rings. The fourth-order valence-electron chi connectivity index (χ4n) is 3.24. The highest BCUT2D eigenvalue weighted by atomic mass is 35.5. The molecule has 3 aromatic heterocycles. The third-order valence-corrected chi connectivity index (χ3v) is 4.89. The number of fused-ring (bicyclic) bond motifs is 1. The van der Waals surface area contributed by atoms with Gasteiger partial charge in [0, 0.05) is 17.8 Å². The van der Waals surface area contributed by atoms with Crippen LogP contribution in [0.2, 0.25) is 5.15 Å². The van der Waals surface area contributed by atoms with Crippen molar-refractivity contribution in [1.29, 1.82) is 0 Å². The largest absolute Gasteiger partial charge is 0.495 e. The smallest absolute Gasteiger partial charge is 0.229 e. The first-order chi connectivity index (χ1) is 13.7. The molecule has 0 amide bonds. The number of aromatic nitrogens is 5. The second-order valence-corrected chi connectivity index (χ2v) is 7.02. The van der Waals surface area contributed by atoms with Gasteiger partial charge in [-0.2, -0.15) is 4.98 Å². The fraction of sp³-hybridized carbons (Fsp3) is 0.200. The van der Waals surface area contributed by atoms with Crippen LogP contribution in [0, 0.1) is 0 Å². The summed E-state index contributed by atoms with van der Waals surface area (Å²) >= 11 is 6.09. The van der Waals surface area contributed by atoms with Crippen molar-refractivity contribution in [1.82, 2.24) is 24.5 Å². The van der Waals surface area contributed by atoms with Crippen molar-refractivity contribution in [3.63, 3.8) is 0 Å². The minimum Gasteiger partial charge on any atom is -0.495 e. The molecule has 0 spiro atoms. The molecule has 1 aliphatic carbocycles. The third kappa shape index (κ3) is 3.03. The van der Waals surface area contributed by atoms with Crippen molar-refractivity contribution in [2.45, 2.75) is 18.9 Å². The molecule has 5 rings (SSSR count). The molecule has 0 radical (unpaired) electrons. The lowest BCUT2D eigenvalue weighted by atomic mass is 10.2. The number of hydrogen-bond donors (Lipinski definition) is 1. The Bertz CT molecular complexity index is 1170. The van der Waals surface area contributed by atoms with Gasteiger partial charge in [-0.3, -0.25) is 0 Å². The third-order valence-electron chi connectivity index (χ3n) is 4.68. The Balaban J connectivity index is 1.61. The molecule has 7 nitrogen and oxygen atoms in total. The van der Waals surface area contributed by atoms with Crippen LogP contribution in [-0.2, 0) is 0 Å². The van der Waals surface area contributed by atoms with Gasteiger partial charge >= 0.3 is 0 Å². The Kier molecular flexibility index (Phi) is 4.09. The van der Waals surface area contributed by atoms with E-state index < -0.39 is 0 Å². The van der Waals surface area contributed by atoms with E-state index in [4.69, 9.17) is 26.3 Å².